The number of piperidine rings is 1. The molecule has 0 spiro atoms. The predicted molar refractivity (Wildman–Crippen MR) is 91.6 cm³/mol. The van der Waals surface area contributed by atoms with Gasteiger partial charge in [0.15, 0.2) is 11.4 Å². The number of aliphatic hydroxyl groups is 1. The van der Waals surface area contributed by atoms with E-state index < -0.39 is 22.3 Å². The molecule has 2 aromatic rings. The maximum atomic E-state index is 13.7. The van der Waals surface area contributed by atoms with Crippen LogP contribution in [0.5, 0.6) is 0 Å². The van der Waals surface area contributed by atoms with Gasteiger partial charge < -0.3 is 24.7 Å². The Morgan fingerprint density at radius 2 is 2.24 bits per heavy atom. The van der Waals surface area contributed by atoms with E-state index >= 15 is 0 Å². The topological polar surface area (TPSA) is 85.4 Å². The first-order valence-corrected chi connectivity index (χ1v) is 8.96. The van der Waals surface area contributed by atoms with Crippen LogP contribution in [0.4, 0.5) is 0 Å². The van der Waals surface area contributed by atoms with E-state index in [-0.39, 0.29) is 25.0 Å². The van der Waals surface area contributed by atoms with Gasteiger partial charge in [0.05, 0.1) is 24.3 Å². The van der Waals surface area contributed by atoms with Gasteiger partial charge in [-0.1, -0.05) is 18.2 Å². The van der Waals surface area contributed by atoms with Crippen LogP contribution < -0.4 is 0 Å². The van der Waals surface area contributed by atoms with Gasteiger partial charge in [0.1, 0.15) is 19.2 Å². The summed E-state index contributed by atoms with van der Waals surface area (Å²) in [5.74, 6) is -0.398. The SMILES string of the molecule is C[C@H](O)[C@@]12C[N@@+]3([O-])CCc4c([nH]c5ccccc45)[C@@H]3C[C@@H]1C(=O)CO2. The Morgan fingerprint density at radius 1 is 1.44 bits per heavy atom. The molecule has 1 aromatic carbocycles. The molecule has 0 amide bonds. The Morgan fingerprint density at radius 3 is 3.04 bits per heavy atom. The molecule has 0 bridgehead atoms. The van der Waals surface area contributed by atoms with E-state index in [9.17, 15) is 15.1 Å². The van der Waals surface area contributed by atoms with E-state index in [0.717, 1.165) is 11.2 Å². The number of ketones is 1. The van der Waals surface area contributed by atoms with Crippen LogP contribution in [-0.4, -0.2) is 51.9 Å². The zero-order valence-electron chi connectivity index (χ0n) is 14.2. The standard InChI is InChI=1S/C19H22N2O4/c1-11(22)19-10-21(24)7-6-13-12-4-2-3-5-15(12)20-18(13)16(21)8-14(19)17(23)9-25-19/h2-5,11,14,16,20,22H,6-10H2,1H3/t11-,14+,16-,19-,21-/m0/s1. The van der Waals surface area contributed by atoms with E-state index in [1.165, 1.54) is 10.9 Å². The minimum atomic E-state index is -1.03. The van der Waals surface area contributed by atoms with Gasteiger partial charge in [-0.25, -0.2) is 0 Å². The number of aliphatic hydroxyl groups excluding tert-OH is 1. The first-order valence-electron chi connectivity index (χ1n) is 8.96. The highest BCUT2D eigenvalue weighted by molar-refractivity contribution is 5.87. The molecule has 132 valence electrons. The summed E-state index contributed by atoms with van der Waals surface area (Å²) >= 11 is 0. The fourth-order valence-corrected chi connectivity index (χ4v) is 5.32. The molecule has 4 heterocycles. The van der Waals surface area contributed by atoms with Gasteiger partial charge in [0.25, 0.3) is 0 Å². The second-order valence-corrected chi connectivity index (χ2v) is 7.84. The van der Waals surface area contributed by atoms with E-state index in [1.54, 1.807) is 6.92 Å². The maximum absolute atomic E-state index is 13.7. The molecule has 3 aliphatic rings. The number of H-pyrrole nitrogens is 1. The molecule has 1 aromatic heterocycles. The zero-order valence-corrected chi connectivity index (χ0v) is 14.2. The van der Waals surface area contributed by atoms with E-state index in [0.29, 0.717) is 19.4 Å². The third kappa shape index (κ3) is 1.91. The summed E-state index contributed by atoms with van der Waals surface area (Å²) in [5, 5.41) is 25.2. The fourth-order valence-electron chi connectivity index (χ4n) is 5.32. The van der Waals surface area contributed by atoms with Crippen molar-refractivity contribution in [2.45, 2.75) is 37.5 Å². The predicted octanol–water partition coefficient (Wildman–Crippen LogP) is 1.82. The third-order valence-electron chi connectivity index (χ3n) is 6.63. The molecule has 0 unspecified atom stereocenters. The first-order chi connectivity index (χ1) is 11.9. The third-order valence-corrected chi connectivity index (χ3v) is 6.63. The number of carbonyl (C=O) groups excluding carboxylic acids is 1. The quantitative estimate of drug-likeness (QED) is 0.611. The Bertz CT molecular complexity index is 875. The van der Waals surface area contributed by atoms with Crippen LogP contribution in [-0.2, 0) is 16.0 Å². The molecule has 5 atom stereocenters. The van der Waals surface area contributed by atoms with Crippen molar-refractivity contribution in [1.82, 2.24) is 4.98 Å². The first kappa shape index (κ1) is 15.5. The Kier molecular flexibility index (Phi) is 3.05. The summed E-state index contributed by atoms with van der Waals surface area (Å²) in [7, 11) is 0. The van der Waals surface area contributed by atoms with Crippen LogP contribution in [0.3, 0.4) is 0 Å². The number of benzene rings is 1. The highest BCUT2D eigenvalue weighted by Crippen LogP contribution is 2.52. The van der Waals surface area contributed by atoms with Gasteiger partial charge in [-0.3, -0.25) is 4.79 Å². The number of quaternary nitrogens is 1. The molecule has 0 saturated carbocycles. The number of para-hydroxylation sites is 1. The number of hydrogen-bond donors (Lipinski definition) is 2. The lowest BCUT2D eigenvalue weighted by Crippen LogP contribution is -2.67. The number of Topliss-reactive ketones (excluding diaryl/α,β-unsaturated/α-hetero) is 1. The molecule has 3 aliphatic heterocycles. The van der Waals surface area contributed by atoms with Crippen LogP contribution in [0.25, 0.3) is 10.9 Å². The van der Waals surface area contributed by atoms with Crippen molar-refractivity contribution in [3.63, 3.8) is 0 Å². The number of fused-ring (bicyclic) bond motifs is 6. The van der Waals surface area contributed by atoms with Crippen molar-refractivity contribution in [2.75, 3.05) is 19.7 Å². The van der Waals surface area contributed by atoms with Gasteiger partial charge >= 0.3 is 0 Å². The lowest BCUT2D eigenvalue weighted by molar-refractivity contribution is -0.927. The summed E-state index contributed by atoms with van der Waals surface area (Å²) < 4.78 is 5.33. The fraction of sp³-hybridized carbons (Fsp3) is 0.526. The molecule has 6 heteroatoms. The molecule has 25 heavy (non-hydrogen) atoms. The number of nitrogens with one attached hydrogen (secondary N) is 1. The van der Waals surface area contributed by atoms with Crippen molar-refractivity contribution in [2.24, 2.45) is 5.92 Å². The average Bonchev–Trinajstić information content (AvgIpc) is 3.11. The van der Waals surface area contributed by atoms with Crippen LogP contribution in [0.2, 0.25) is 0 Å². The number of nitrogens with zero attached hydrogens (tertiary/aromatic N) is 1. The van der Waals surface area contributed by atoms with Crippen LogP contribution in [0, 0.1) is 11.1 Å². The highest BCUT2D eigenvalue weighted by Gasteiger charge is 2.62. The normalized spacial score (nSPS) is 38.3. The largest absolute Gasteiger partial charge is 0.632 e. The number of rotatable bonds is 1. The molecule has 5 rings (SSSR count). The Balaban J connectivity index is 1.64. The lowest BCUT2D eigenvalue weighted by atomic mass is 9.72. The van der Waals surface area contributed by atoms with Crippen molar-refractivity contribution >= 4 is 16.7 Å². The van der Waals surface area contributed by atoms with Crippen LogP contribution in [0.1, 0.15) is 30.6 Å². The summed E-state index contributed by atoms with van der Waals surface area (Å²) in [6, 6.07) is 7.82. The maximum Gasteiger partial charge on any atom is 0.165 e. The van der Waals surface area contributed by atoms with Gasteiger partial charge in [0, 0.05) is 23.7 Å². The second-order valence-electron chi connectivity index (χ2n) is 7.84. The molecule has 2 saturated heterocycles. The summed E-state index contributed by atoms with van der Waals surface area (Å²) in [6.07, 6.45) is 0.305. The second kappa shape index (κ2) is 4.92. The Hall–Kier alpha value is -1.73. The molecule has 6 nitrogen and oxygen atoms in total. The van der Waals surface area contributed by atoms with Crippen molar-refractivity contribution in [3.8, 4) is 0 Å². The van der Waals surface area contributed by atoms with Gasteiger partial charge in [0.2, 0.25) is 0 Å². The van der Waals surface area contributed by atoms with Gasteiger partial charge in [-0.15, -0.1) is 0 Å². The number of ether oxygens (including phenoxy) is 1. The molecule has 0 aliphatic carbocycles. The van der Waals surface area contributed by atoms with Crippen molar-refractivity contribution in [1.29, 1.82) is 0 Å². The summed E-state index contributed by atoms with van der Waals surface area (Å²) in [5.41, 5.74) is 2.20. The lowest BCUT2D eigenvalue weighted by Gasteiger charge is -2.59. The zero-order chi connectivity index (χ0) is 17.4. The van der Waals surface area contributed by atoms with Gasteiger partial charge in [-0.2, -0.15) is 0 Å². The average molecular weight is 342 g/mol. The number of hydroxylamine groups is 3. The van der Waals surface area contributed by atoms with Crippen molar-refractivity contribution in [3.05, 3.63) is 40.7 Å². The van der Waals surface area contributed by atoms with Gasteiger partial charge in [-0.05, 0) is 18.6 Å². The number of aromatic amines is 1. The minimum Gasteiger partial charge on any atom is -0.632 e. The molecular formula is C19H22N2O4. The van der Waals surface area contributed by atoms with E-state index in [1.807, 2.05) is 18.2 Å². The number of hydrogen-bond acceptors (Lipinski definition) is 4. The molecule has 2 N–H and O–H groups in total. The van der Waals surface area contributed by atoms with Crippen molar-refractivity contribution < 1.29 is 19.3 Å². The summed E-state index contributed by atoms with van der Waals surface area (Å²) in [6.45, 7) is 2.23. The molecule has 0 radical (unpaired) electrons. The van der Waals surface area contributed by atoms with Crippen LogP contribution >= 0.6 is 0 Å². The molecule has 2 fully saturated rings. The van der Waals surface area contributed by atoms with E-state index in [2.05, 4.69) is 11.1 Å². The smallest absolute Gasteiger partial charge is 0.165 e. The van der Waals surface area contributed by atoms with E-state index in [4.69, 9.17) is 4.74 Å². The monoisotopic (exact) mass is 342 g/mol. The minimum absolute atomic E-state index is 0.00183. The summed E-state index contributed by atoms with van der Waals surface area (Å²) in [4.78, 5) is 15.9. The van der Waals surface area contributed by atoms with Crippen LogP contribution in [0.15, 0.2) is 24.3 Å². The Labute approximate surface area is 145 Å². The highest BCUT2D eigenvalue weighted by atomic mass is 16.6. The number of aromatic nitrogens is 1. The molecular weight excluding hydrogens is 320 g/mol. The number of carbonyl (C=O) groups is 1.